The quantitative estimate of drug-likeness (QED) is 0.595. The molecule has 0 saturated carbocycles. The molecule has 0 unspecified atom stereocenters. The lowest BCUT2D eigenvalue weighted by atomic mass is 10.2. The van der Waals surface area contributed by atoms with Gasteiger partial charge in [0.25, 0.3) is 0 Å². The number of aliphatic imine (C=N–C) groups is 1. The number of halogens is 2. The molecule has 0 bridgehead atoms. The van der Waals surface area contributed by atoms with Crippen LogP contribution in [0.15, 0.2) is 23.2 Å². The number of nitrogens with zero attached hydrogens (tertiary/aromatic N) is 3. The van der Waals surface area contributed by atoms with Gasteiger partial charge < -0.3 is 10.2 Å². The van der Waals surface area contributed by atoms with Crippen molar-refractivity contribution >= 4 is 39.0 Å². The molecular weight excluding hydrogens is 383 g/mol. The van der Waals surface area contributed by atoms with Crippen molar-refractivity contribution in [3.05, 3.63) is 33.8 Å². The van der Waals surface area contributed by atoms with Gasteiger partial charge in [0, 0.05) is 46.8 Å². The van der Waals surface area contributed by atoms with Gasteiger partial charge in [-0.1, -0.05) is 29.3 Å². The van der Waals surface area contributed by atoms with E-state index in [-0.39, 0.29) is 11.5 Å². The number of benzene rings is 1. The van der Waals surface area contributed by atoms with Crippen molar-refractivity contribution in [2.24, 2.45) is 4.99 Å². The fraction of sp³-hybridized carbons (Fsp3) is 0.562. The molecule has 1 fully saturated rings. The van der Waals surface area contributed by atoms with E-state index in [0.29, 0.717) is 36.2 Å². The van der Waals surface area contributed by atoms with Gasteiger partial charge in [0.2, 0.25) is 0 Å². The third-order valence-electron chi connectivity index (χ3n) is 4.13. The van der Waals surface area contributed by atoms with E-state index in [1.54, 1.807) is 13.1 Å². The third kappa shape index (κ3) is 6.33. The van der Waals surface area contributed by atoms with Crippen molar-refractivity contribution in [1.82, 2.24) is 15.1 Å². The standard InChI is InChI=1S/C16H24Cl2N4O2S/c1-19-16(20-5-6-22-7-9-25(23,24)10-8-22)21(2)12-13-3-4-14(17)15(18)11-13/h3-4,11H,5-10,12H2,1-2H3,(H,19,20). The molecular formula is C16H24Cl2N4O2S. The van der Waals surface area contributed by atoms with Gasteiger partial charge in [-0.15, -0.1) is 0 Å². The highest BCUT2D eigenvalue weighted by Gasteiger charge is 2.21. The minimum atomic E-state index is -2.83. The van der Waals surface area contributed by atoms with Gasteiger partial charge in [-0.05, 0) is 17.7 Å². The second-order valence-corrected chi connectivity index (χ2v) is 9.19. The Kier molecular flexibility index (Phi) is 7.37. The molecule has 140 valence electrons. The molecule has 1 heterocycles. The summed E-state index contributed by atoms with van der Waals surface area (Å²) in [6.45, 7) is 3.34. The fourth-order valence-electron chi connectivity index (χ4n) is 2.67. The smallest absolute Gasteiger partial charge is 0.193 e. The van der Waals surface area contributed by atoms with E-state index in [4.69, 9.17) is 23.2 Å². The van der Waals surface area contributed by atoms with E-state index in [1.165, 1.54) is 0 Å². The summed E-state index contributed by atoms with van der Waals surface area (Å²) in [5.74, 6) is 1.27. The SMILES string of the molecule is CN=C(NCCN1CCS(=O)(=O)CC1)N(C)Cc1ccc(Cl)c(Cl)c1. The van der Waals surface area contributed by atoms with Crippen LogP contribution in [0, 0.1) is 0 Å². The summed E-state index contributed by atoms with van der Waals surface area (Å²) >= 11 is 12.0. The lowest BCUT2D eigenvalue weighted by Gasteiger charge is -2.28. The first-order chi connectivity index (χ1) is 11.8. The molecule has 25 heavy (non-hydrogen) atoms. The lowest BCUT2D eigenvalue weighted by Crippen LogP contribution is -2.46. The van der Waals surface area contributed by atoms with Crippen molar-refractivity contribution in [1.29, 1.82) is 0 Å². The van der Waals surface area contributed by atoms with Crippen LogP contribution in [0.25, 0.3) is 0 Å². The topological polar surface area (TPSA) is 65.0 Å². The Morgan fingerprint density at radius 3 is 2.56 bits per heavy atom. The summed E-state index contributed by atoms with van der Waals surface area (Å²) in [5.41, 5.74) is 1.04. The first kappa shape index (κ1) is 20.3. The van der Waals surface area contributed by atoms with Crippen LogP contribution in [-0.2, 0) is 16.4 Å². The Labute approximate surface area is 159 Å². The van der Waals surface area contributed by atoms with E-state index in [2.05, 4.69) is 15.2 Å². The van der Waals surface area contributed by atoms with Crippen LogP contribution in [0.1, 0.15) is 5.56 Å². The van der Waals surface area contributed by atoms with Crippen LogP contribution in [0.3, 0.4) is 0 Å². The first-order valence-corrected chi connectivity index (χ1v) is 10.7. The highest BCUT2D eigenvalue weighted by atomic mass is 35.5. The fourth-order valence-corrected chi connectivity index (χ4v) is 4.27. The average Bonchev–Trinajstić information content (AvgIpc) is 2.56. The second-order valence-electron chi connectivity index (χ2n) is 6.07. The van der Waals surface area contributed by atoms with E-state index in [9.17, 15) is 8.42 Å². The summed E-state index contributed by atoms with van der Waals surface area (Å²) in [6.07, 6.45) is 0. The number of hydrogen-bond acceptors (Lipinski definition) is 4. The Morgan fingerprint density at radius 1 is 1.28 bits per heavy atom. The largest absolute Gasteiger partial charge is 0.355 e. The van der Waals surface area contributed by atoms with E-state index in [0.717, 1.165) is 18.1 Å². The maximum absolute atomic E-state index is 11.4. The van der Waals surface area contributed by atoms with Gasteiger partial charge >= 0.3 is 0 Å². The van der Waals surface area contributed by atoms with Gasteiger partial charge in [0.15, 0.2) is 15.8 Å². The maximum Gasteiger partial charge on any atom is 0.193 e. The van der Waals surface area contributed by atoms with Gasteiger partial charge in [-0.25, -0.2) is 8.42 Å². The van der Waals surface area contributed by atoms with Crippen LogP contribution in [-0.4, -0.2) is 76.0 Å². The number of rotatable bonds is 5. The van der Waals surface area contributed by atoms with E-state index in [1.807, 2.05) is 24.1 Å². The third-order valence-corrected chi connectivity index (χ3v) is 6.47. The molecule has 1 N–H and O–H groups in total. The zero-order valence-electron chi connectivity index (χ0n) is 14.5. The minimum Gasteiger partial charge on any atom is -0.355 e. The van der Waals surface area contributed by atoms with Gasteiger partial charge in [-0.2, -0.15) is 0 Å². The number of hydrogen-bond donors (Lipinski definition) is 1. The Balaban J connectivity index is 1.80. The molecule has 6 nitrogen and oxygen atoms in total. The highest BCUT2D eigenvalue weighted by Crippen LogP contribution is 2.23. The molecule has 1 aliphatic rings. The monoisotopic (exact) mass is 406 g/mol. The molecule has 0 radical (unpaired) electrons. The average molecular weight is 407 g/mol. The Bertz CT molecular complexity index is 711. The summed E-state index contributed by atoms with van der Waals surface area (Å²) < 4.78 is 22.9. The first-order valence-electron chi connectivity index (χ1n) is 8.09. The molecule has 9 heteroatoms. The predicted octanol–water partition coefficient (Wildman–Crippen LogP) is 1.73. The zero-order chi connectivity index (χ0) is 18.4. The summed E-state index contributed by atoms with van der Waals surface area (Å²) in [7, 11) is 0.856. The highest BCUT2D eigenvalue weighted by molar-refractivity contribution is 7.91. The molecule has 1 aromatic rings. The molecule has 1 aliphatic heterocycles. The molecule has 2 rings (SSSR count). The number of nitrogens with one attached hydrogen (secondary N) is 1. The summed E-state index contributed by atoms with van der Waals surface area (Å²) in [6, 6.07) is 5.57. The maximum atomic E-state index is 11.4. The Hall–Kier alpha value is -1.02. The summed E-state index contributed by atoms with van der Waals surface area (Å²) in [5, 5.41) is 4.39. The van der Waals surface area contributed by atoms with Gasteiger partial charge in [0.05, 0.1) is 21.6 Å². The van der Waals surface area contributed by atoms with Gasteiger partial charge in [-0.3, -0.25) is 9.89 Å². The molecule has 0 atom stereocenters. The van der Waals surface area contributed by atoms with Crippen molar-refractivity contribution in [3.8, 4) is 0 Å². The zero-order valence-corrected chi connectivity index (χ0v) is 16.8. The molecule has 1 aromatic carbocycles. The van der Waals surface area contributed by atoms with Crippen LogP contribution in [0.2, 0.25) is 10.0 Å². The van der Waals surface area contributed by atoms with Crippen molar-refractivity contribution in [3.63, 3.8) is 0 Å². The van der Waals surface area contributed by atoms with Crippen molar-refractivity contribution in [2.45, 2.75) is 6.54 Å². The van der Waals surface area contributed by atoms with Crippen molar-refractivity contribution in [2.75, 3.05) is 51.8 Å². The lowest BCUT2D eigenvalue weighted by molar-refractivity contribution is 0.298. The molecule has 0 amide bonds. The second kappa shape index (κ2) is 9.07. The molecule has 1 saturated heterocycles. The molecule has 0 aromatic heterocycles. The molecule has 0 spiro atoms. The number of guanidine groups is 1. The minimum absolute atomic E-state index is 0.249. The normalized spacial score (nSPS) is 18.2. The van der Waals surface area contributed by atoms with Crippen LogP contribution >= 0.6 is 23.2 Å². The van der Waals surface area contributed by atoms with Crippen LogP contribution < -0.4 is 5.32 Å². The van der Waals surface area contributed by atoms with Crippen LogP contribution in [0.4, 0.5) is 0 Å². The van der Waals surface area contributed by atoms with Crippen molar-refractivity contribution < 1.29 is 8.42 Å². The van der Waals surface area contributed by atoms with Gasteiger partial charge in [0.1, 0.15) is 0 Å². The van der Waals surface area contributed by atoms with E-state index >= 15 is 0 Å². The Morgan fingerprint density at radius 2 is 1.96 bits per heavy atom. The molecule has 0 aliphatic carbocycles. The van der Waals surface area contributed by atoms with Crippen LogP contribution in [0.5, 0.6) is 0 Å². The predicted molar refractivity (Wildman–Crippen MR) is 104 cm³/mol. The summed E-state index contributed by atoms with van der Waals surface area (Å²) in [4.78, 5) is 8.44. The van der Waals surface area contributed by atoms with E-state index < -0.39 is 9.84 Å². The number of sulfone groups is 1.